The molecule has 0 aliphatic carbocycles. The van der Waals surface area contributed by atoms with Gasteiger partial charge in [0.15, 0.2) is 0 Å². The Morgan fingerprint density at radius 1 is 0.733 bits per heavy atom. The largest absolute Gasteiger partial charge is 0.424 e. The highest BCUT2D eigenvalue weighted by atomic mass is 16.8. The van der Waals surface area contributed by atoms with Crippen molar-refractivity contribution in [3.8, 4) is 0 Å². The highest BCUT2D eigenvalue weighted by molar-refractivity contribution is 5.21. The standard InChI is InChI=1S/C23H20N2O5/c26-21-22(27)30-25(24-21)23(20-14-8-3-9-15-20,28-16-18-10-4-1-5-11-18)29-17-19-12-6-2-7-13-19/h1-15H,16-17H2,(H,24,26). The highest BCUT2D eigenvalue weighted by Crippen LogP contribution is 2.31. The number of nitrogens with one attached hydrogen (secondary N) is 1. The molecule has 152 valence electrons. The van der Waals surface area contributed by atoms with E-state index in [1.165, 1.54) is 0 Å². The van der Waals surface area contributed by atoms with Crippen LogP contribution in [0.3, 0.4) is 0 Å². The number of rotatable bonds is 8. The molecule has 0 spiro atoms. The zero-order valence-corrected chi connectivity index (χ0v) is 16.1. The zero-order valence-electron chi connectivity index (χ0n) is 16.1. The molecule has 30 heavy (non-hydrogen) atoms. The van der Waals surface area contributed by atoms with Gasteiger partial charge in [-0.2, -0.15) is 0 Å². The van der Waals surface area contributed by atoms with Crippen LogP contribution >= 0.6 is 0 Å². The minimum atomic E-state index is -1.70. The van der Waals surface area contributed by atoms with Crippen molar-refractivity contribution in [2.24, 2.45) is 0 Å². The molecule has 0 saturated heterocycles. The molecule has 0 atom stereocenters. The van der Waals surface area contributed by atoms with Gasteiger partial charge < -0.3 is 14.0 Å². The predicted molar refractivity (Wildman–Crippen MR) is 110 cm³/mol. The quantitative estimate of drug-likeness (QED) is 0.360. The van der Waals surface area contributed by atoms with E-state index in [4.69, 9.17) is 14.0 Å². The molecule has 3 aromatic carbocycles. The first kappa shape index (κ1) is 19.6. The molecule has 4 rings (SSSR count). The molecular weight excluding hydrogens is 384 g/mol. The number of aromatic nitrogens is 2. The van der Waals surface area contributed by atoms with Crippen LogP contribution in [0.2, 0.25) is 0 Å². The van der Waals surface area contributed by atoms with Gasteiger partial charge in [0.05, 0.1) is 13.2 Å². The van der Waals surface area contributed by atoms with Crippen LogP contribution in [0.4, 0.5) is 0 Å². The lowest BCUT2D eigenvalue weighted by molar-refractivity contribution is -0.311. The van der Waals surface area contributed by atoms with Gasteiger partial charge in [-0.1, -0.05) is 95.8 Å². The van der Waals surface area contributed by atoms with E-state index >= 15 is 0 Å². The summed E-state index contributed by atoms with van der Waals surface area (Å²) < 4.78 is 17.6. The molecule has 0 unspecified atom stereocenters. The van der Waals surface area contributed by atoms with E-state index in [-0.39, 0.29) is 13.2 Å². The zero-order chi connectivity index (χ0) is 20.8. The van der Waals surface area contributed by atoms with Gasteiger partial charge in [-0.25, -0.2) is 9.89 Å². The minimum absolute atomic E-state index is 0.147. The summed E-state index contributed by atoms with van der Waals surface area (Å²) in [6.07, 6.45) is 0. The van der Waals surface area contributed by atoms with Crippen molar-refractivity contribution in [1.29, 1.82) is 0 Å². The fourth-order valence-electron chi connectivity index (χ4n) is 3.02. The van der Waals surface area contributed by atoms with Crippen LogP contribution in [0.15, 0.2) is 105 Å². The summed E-state index contributed by atoms with van der Waals surface area (Å²) in [5.41, 5.74) is 0.381. The van der Waals surface area contributed by atoms with Crippen molar-refractivity contribution >= 4 is 0 Å². The normalized spacial score (nSPS) is 11.5. The SMILES string of the molecule is O=c1[nH]n(C(OCc2ccccc2)(OCc2ccccc2)c2ccccc2)oc1=O. The van der Waals surface area contributed by atoms with Crippen molar-refractivity contribution in [1.82, 2.24) is 9.95 Å². The maximum Gasteiger partial charge on any atom is 0.424 e. The summed E-state index contributed by atoms with van der Waals surface area (Å²) in [6, 6.07) is 28.0. The average Bonchev–Trinajstić information content (AvgIpc) is 3.14. The van der Waals surface area contributed by atoms with Crippen LogP contribution in [0.5, 0.6) is 0 Å². The Kier molecular flexibility index (Phi) is 5.74. The van der Waals surface area contributed by atoms with Crippen LogP contribution in [0.25, 0.3) is 0 Å². The van der Waals surface area contributed by atoms with Crippen LogP contribution in [0.1, 0.15) is 16.7 Å². The molecule has 0 aliphatic heterocycles. The minimum Gasteiger partial charge on any atom is -0.321 e. The maximum absolute atomic E-state index is 11.9. The molecular formula is C23H20N2O5. The van der Waals surface area contributed by atoms with E-state index in [9.17, 15) is 9.59 Å². The number of ether oxygens (including phenoxy) is 2. The number of hydrogen-bond donors (Lipinski definition) is 1. The Labute approximate surface area is 172 Å². The van der Waals surface area contributed by atoms with Crippen LogP contribution in [-0.4, -0.2) is 9.95 Å². The topological polar surface area (TPSA) is 86.5 Å². The number of nitrogens with zero attached hydrogens (tertiary/aromatic N) is 1. The summed E-state index contributed by atoms with van der Waals surface area (Å²) in [6.45, 7) is 0.295. The van der Waals surface area contributed by atoms with Gasteiger partial charge in [-0.3, -0.25) is 4.79 Å². The van der Waals surface area contributed by atoms with E-state index in [2.05, 4.69) is 5.10 Å². The summed E-state index contributed by atoms with van der Waals surface area (Å²) >= 11 is 0. The first-order valence-corrected chi connectivity index (χ1v) is 9.42. The van der Waals surface area contributed by atoms with Gasteiger partial charge in [0, 0.05) is 5.56 Å². The number of hydrogen-bond acceptors (Lipinski definition) is 5. The van der Waals surface area contributed by atoms with Crippen molar-refractivity contribution in [2.75, 3.05) is 0 Å². The van der Waals surface area contributed by atoms with E-state index < -0.39 is 17.1 Å². The van der Waals surface area contributed by atoms with E-state index in [1.54, 1.807) is 12.1 Å². The van der Waals surface area contributed by atoms with E-state index in [0.29, 0.717) is 5.56 Å². The average molecular weight is 404 g/mol. The first-order chi connectivity index (χ1) is 14.7. The lowest BCUT2D eigenvalue weighted by atomic mass is 10.1. The lowest BCUT2D eigenvalue weighted by Crippen LogP contribution is -2.42. The fourth-order valence-corrected chi connectivity index (χ4v) is 3.02. The smallest absolute Gasteiger partial charge is 0.321 e. The molecule has 7 nitrogen and oxygen atoms in total. The molecule has 4 aromatic rings. The van der Waals surface area contributed by atoms with E-state index in [0.717, 1.165) is 16.0 Å². The highest BCUT2D eigenvalue weighted by Gasteiger charge is 2.41. The molecule has 0 saturated carbocycles. The first-order valence-electron chi connectivity index (χ1n) is 9.42. The Morgan fingerprint density at radius 2 is 1.20 bits per heavy atom. The van der Waals surface area contributed by atoms with Crippen molar-refractivity contribution in [3.05, 3.63) is 128 Å². The Morgan fingerprint density at radius 3 is 1.63 bits per heavy atom. The molecule has 7 heteroatoms. The maximum atomic E-state index is 11.9. The van der Waals surface area contributed by atoms with Gasteiger partial charge in [0.1, 0.15) is 0 Å². The molecule has 1 aromatic heterocycles. The second-order valence-electron chi connectivity index (χ2n) is 6.61. The molecule has 1 heterocycles. The fraction of sp³-hybridized carbons (Fsp3) is 0.130. The number of aromatic amines is 1. The van der Waals surface area contributed by atoms with Crippen LogP contribution in [-0.2, 0) is 28.6 Å². The Hall–Kier alpha value is -3.68. The molecule has 0 radical (unpaired) electrons. The third-order valence-corrected chi connectivity index (χ3v) is 4.52. The van der Waals surface area contributed by atoms with Crippen molar-refractivity contribution in [3.63, 3.8) is 0 Å². The van der Waals surface area contributed by atoms with Gasteiger partial charge in [-0.05, 0) is 11.1 Å². The molecule has 1 N–H and O–H groups in total. The van der Waals surface area contributed by atoms with Crippen LogP contribution < -0.4 is 11.2 Å². The molecule has 0 fully saturated rings. The van der Waals surface area contributed by atoms with Gasteiger partial charge in [0.25, 0.3) is 0 Å². The van der Waals surface area contributed by atoms with Gasteiger partial charge in [-0.15, -0.1) is 0 Å². The van der Waals surface area contributed by atoms with E-state index in [1.807, 2.05) is 78.9 Å². The monoisotopic (exact) mass is 404 g/mol. The second-order valence-corrected chi connectivity index (χ2v) is 6.61. The number of benzene rings is 3. The van der Waals surface area contributed by atoms with Crippen LogP contribution in [0, 0.1) is 0 Å². The lowest BCUT2D eigenvalue weighted by Gasteiger charge is -2.32. The van der Waals surface area contributed by atoms with Crippen molar-refractivity contribution < 1.29 is 14.0 Å². The van der Waals surface area contributed by atoms with Gasteiger partial charge >= 0.3 is 17.1 Å². The third-order valence-electron chi connectivity index (χ3n) is 4.52. The predicted octanol–water partition coefficient (Wildman–Crippen LogP) is 3.22. The number of H-pyrrole nitrogens is 1. The summed E-state index contributed by atoms with van der Waals surface area (Å²) in [5, 5.41) is 2.39. The Balaban J connectivity index is 1.78. The van der Waals surface area contributed by atoms with Gasteiger partial charge in [0.2, 0.25) is 0 Å². The second kappa shape index (κ2) is 8.77. The Bertz CT molecular complexity index is 1110. The molecule has 0 amide bonds. The molecule has 0 aliphatic rings. The third kappa shape index (κ3) is 4.17. The summed E-state index contributed by atoms with van der Waals surface area (Å²) in [5.74, 6) is -1.70. The summed E-state index contributed by atoms with van der Waals surface area (Å²) in [7, 11) is 0. The molecule has 0 bridgehead atoms. The van der Waals surface area contributed by atoms with Crippen molar-refractivity contribution in [2.45, 2.75) is 19.1 Å². The summed E-state index contributed by atoms with van der Waals surface area (Å²) in [4.78, 5) is 24.6.